The van der Waals surface area contributed by atoms with Gasteiger partial charge >= 0.3 is 0 Å². The lowest BCUT2D eigenvalue weighted by atomic mass is 10.2. The van der Waals surface area contributed by atoms with E-state index < -0.39 is 8.87 Å². The first-order valence-electron chi connectivity index (χ1n) is 5.55. The fraction of sp³-hybridized carbons (Fsp3) is 0.143. The maximum atomic E-state index is 12.2. The molecular formula is C14H14O2S2. The summed E-state index contributed by atoms with van der Waals surface area (Å²) in [6.45, 7) is 3.83. The fourth-order valence-electron chi connectivity index (χ4n) is 1.61. The Bertz CT molecular complexity index is 661. The minimum atomic E-state index is -3.34. The molecule has 0 N–H and O–H groups in total. The molecule has 2 rings (SSSR count). The average molecular weight is 278 g/mol. The minimum absolute atomic E-state index is 0.356. The van der Waals surface area contributed by atoms with Crippen molar-refractivity contribution in [3.8, 4) is 0 Å². The highest BCUT2D eigenvalue weighted by molar-refractivity contribution is 8.72. The van der Waals surface area contributed by atoms with Gasteiger partial charge in [0.2, 0.25) is 8.87 Å². The largest absolute Gasteiger partial charge is 0.234 e. The molecule has 0 bridgehead atoms. The highest BCUT2D eigenvalue weighted by Gasteiger charge is 2.16. The van der Waals surface area contributed by atoms with E-state index in [-0.39, 0.29) is 0 Å². The molecule has 0 aliphatic carbocycles. The van der Waals surface area contributed by atoms with Gasteiger partial charge in [-0.1, -0.05) is 24.3 Å². The summed E-state index contributed by atoms with van der Waals surface area (Å²) >= 11 is 0. The van der Waals surface area contributed by atoms with Crippen LogP contribution in [0.4, 0.5) is 0 Å². The molecule has 0 radical (unpaired) electrons. The fourth-order valence-corrected chi connectivity index (χ4v) is 4.58. The Labute approximate surface area is 111 Å². The van der Waals surface area contributed by atoms with Crippen molar-refractivity contribution < 1.29 is 8.42 Å². The number of hydrogen-bond acceptors (Lipinski definition) is 3. The van der Waals surface area contributed by atoms with E-state index in [9.17, 15) is 8.42 Å². The van der Waals surface area contributed by atoms with Crippen LogP contribution in [-0.2, 0) is 8.87 Å². The van der Waals surface area contributed by atoms with Crippen LogP contribution in [-0.4, -0.2) is 8.42 Å². The van der Waals surface area contributed by atoms with Crippen molar-refractivity contribution in [2.45, 2.75) is 23.6 Å². The Balaban J connectivity index is 2.33. The third kappa shape index (κ3) is 3.15. The molecule has 0 aliphatic rings. The molecule has 0 unspecified atom stereocenters. The van der Waals surface area contributed by atoms with Crippen molar-refractivity contribution in [2.24, 2.45) is 0 Å². The average Bonchev–Trinajstić information content (AvgIpc) is 2.28. The Hall–Kier alpha value is -1.26. The van der Waals surface area contributed by atoms with Gasteiger partial charge < -0.3 is 0 Å². The molecule has 94 valence electrons. The standard InChI is InChI=1S/C14H14O2S2/c1-11-5-3-7-13(9-11)17-18(15,16)14-8-4-6-12(2)10-14/h3-10H,1-2H3. The third-order valence-corrected chi connectivity index (χ3v) is 5.78. The van der Waals surface area contributed by atoms with E-state index in [2.05, 4.69) is 0 Å². The highest BCUT2D eigenvalue weighted by atomic mass is 33.1. The van der Waals surface area contributed by atoms with Crippen molar-refractivity contribution >= 4 is 19.7 Å². The van der Waals surface area contributed by atoms with Gasteiger partial charge in [0.15, 0.2) is 0 Å². The second-order valence-corrected chi connectivity index (χ2v) is 8.00. The first-order valence-corrected chi connectivity index (χ1v) is 8.37. The molecule has 2 nitrogen and oxygen atoms in total. The van der Waals surface area contributed by atoms with Crippen molar-refractivity contribution in [1.29, 1.82) is 0 Å². The zero-order valence-corrected chi connectivity index (χ0v) is 11.9. The summed E-state index contributed by atoms with van der Waals surface area (Å²) in [5, 5.41) is 0. The lowest BCUT2D eigenvalue weighted by Crippen LogP contribution is -1.95. The summed E-state index contributed by atoms with van der Waals surface area (Å²) < 4.78 is 24.5. The highest BCUT2D eigenvalue weighted by Crippen LogP contribution is 2.31. The Morgan fingerprint density at radius 3 is 2.11 bits per heavy atom. The molecule has 2 aromatic carbocycles. The van der Waals surface area contributed by atoms with E-state index >= 15 is 0 Å². The topological polar surface area (TPSA) is 34.1 Å². The molecule has 2 aromatic rings. The molecule has 0 saturated carbocycles. The summed E-state index contributed by atoms with van der Waals surface area (Å²) in [4.78, 5) is 1.10. The molecule has 18 heavy (non-hydrogen) atoms. The summed E-state index contributed by atoms with van der Waals surface area (Å²) in [7, 11) is -2.44. The van der Waals surface area contributed by atoms with Gasteiger partial charge in [-0.05, 0) is 49.2 Å². The second kappa shape index (κ2) is 5.16. The second-order valence-electron chi connectivity index (χ2n) is 4.17. The van der Waals surface area contributed by atoms with Gasteiger partial charge in [-0.15, -0.1) is 0 Å². The normalized spacial score (nSPS) is 11.4. The van der Waals surface area contributed by atoms with Gasteiger partial charge in [-0.25, -0.2) is 8.42 Å². The Morgan fingerprint density at radius 2 is 1.50 bits per heavy atom. The molecule has 0 amide bonds. The molecule has 0 fully saturated rings. The van der Waals surface area contributed by atoms with Crippen molar-refractivity contribution in [2.75, 3.05) is 0 Å². The Morgan fingerprint density at radius 1 is 0.889 bits per heavy atom. The summed E-state index contributed by atoms with van der Waals surface area (Å²) in [5.41, 5.74) is 2.00. The van der Waals surface area contributed by atoms with Crippen LogP contribution < -0.4 is 0 Å². The van der Waals surface area contributed by atoms with Crippen LogP contribution in [0.5, 0.6) is 0 Å². The van der Waals surface area contributed by atoms with Crippen molar-refractivity contribution in [1.82, 2.24) is 0 Å². The molecule has 0 spiro atoms. The maximum Gasteiger partial charge on any atom is 0.234 e. The molecule has 0 saturated heterocycles. The van der Waals surface area contributed by atoms with Crippen LogP contribution in [0.3, 0.4) is 0 Å². The number of rotatable bonds is 3. The van der Waals surface area contributed by atoms with Gasteiger partial charge in [-0.3, -0.25) is 0 Å². The van der Waals surface area contributed by atoms with Crippen LogP contribution in [0.15, 0.2) is 58.3 Å². The first kappa shape index (κ1) is 13.2. The molecule has 0 heterocycles. The number of benzene rings is 2. The van der Waals surface area contributed by atoms with E-state index in [1.54, 1.807) is 18.2 Å². The summed E-state index contributed by atoms with van der Waals surface area (Å²) in [6.07, 6.45) is 0. The maximum absolute atomic E-state index is 12.2. The smallest absolute Gasteiger partial charge is 0.212 e. The molecule has 0 aliphatic heterocycles. The monoisotopic (exact) mass is 278 g/mol. The predicted octanol–water partition coefficient (Wildman–Crippen LogP) is 3.78. The lowest BCUT2D eigenvalue weighted by Gasteiger charge is -2.05. The summed E-state index contributed by atoms with van der Waals surface area (Å²) in [5.74, 6) is 0. The molecular weight excluding hydrogens is 264 g/mol. The third-order valence-electron chi connectivity index (χ3n) is 2.47. The summed E-state index contributed by atoms with van der Waals surface area (Å²) in [6, 6.07) is 14.5. The van der Waals surface area contributed by atoms with Crippen molar-refractivity contribution in [3.63, 3.8) is 0 Å². The van der Waals surface area contributed by atoms with Crippen LogP contribution in [0.1, 0.15) is 11.1 Å². The zero-order chi connectivity index (χ0) is 13.2. The van der Waals surface area contributed by atoms with Crippen LogP contribution in [0.25, 0.3) is 0 Å². The van der Waals surface area contributed by atoms with Gasteiger partial charge in [-0.2, -0.15) is 0 Å². The Kier molecular flexibility index (Phi) is 3.78. The van der Waals surface area contributed by atoms with Gasteiger partial charge in [0.1, 0.15) is 0 Å². The van der Waals surface area contributed by atoms with Gasteiger partial charge in [0.25, 0.3) is 0 Å². The van der Waals surface area contributed by atoms with E-state index in [4.69, 9.17) is 0 Å². The van der Waals surface area contributed by atoms with Crippen LogP contribution in [0.2, 0.25) is 0 Å². The lowest BCUT2D eigenvalue weighted by molar-refractivity contribution is 0.610. The van der Waals surface area contributed by atoms with E-state index in [1.807, 2.05) is 44.2 Å². The zero-order valence-electron chi connectivity index (χ0n) is 10.3. The van der Waals surface area contributed by atoms with Crippen molar-refractivity contribution in [3.05, 3.63) is 59.7 Å². The first-order chi connectivity index (χ1) is 8.47. The van der Waals surface area contributed by atoms with Gasteiger partial charge in [0, 0.05) is 15.7 Å². The number of aryl methyl sites for hydroxylation is 2. The van der Waals surface area contributed by atoms with Crippen LogP contribution in [0, 0.1) is 13.8 Å². The minimum Gasteiger partial charge on any atom is -0.212 e. The SMILES string of the molecule is Cc1cccc(SS(=O)(=O)c2cccc(C)c2)c1. The number of hydrogen-bond donors (Lipinski definition) is 0. The van der Waals surface area contributed by atoms with E-state index in [0.29, 0.717) is 4.90 Å². The quantitative estimate of drug-likeness (QED) is 0.801. The molecule has 0 aromatic heterocycles. The predicted molar refractivity (Wildman–Crippen MR) is 75.4 cm³/mol. The van der Waals surface area contributed by atoms with E-state index in [0.717, 1.165) is 26.8 Å². The molecule has 4 heteroatoms. The molecule has 0 atom stereocenters. The van der Waals surface area contributed by atoms with E-state index in [1.165, 1.54) is 0 Å². The van der Waals surface area contributed by atoms with Crippen LogP contribution >= 0.6 is 10.8 Å². The van der Waals surface area contributed by atoms with Gasteiger partial charge in [0.05, 0.1) is 4.90 Å².